The maximum Gasteiger partial charge on any atom is 0.119 e. The van der Waals surface area contributed by atoms with E-state index in [1.807, 2.05) is 25.1 Å². The number of rotatable bonds is 4. The van der Waals surface area contributed by atoms with Gasteiger partial charge in [-0.1, -0.05) is 24.3 Å². The van der Waals surface area contributed by atoms with Gasteiger partial charge in [0.1, 0.15) is 5.75 Å². The Morgan fingerprint density at radius 1 is 1.43 bits per heavy atom. The molecule has 0 aliphatic rings. The Hall–Kier alpha value is -1.50. The zero-order valence-electron chi connectivity index (χ0n) is 8.79. The van der Waals surface area contributed by atoms with E-state index >= 15 is 0 Å². The molecule has 0 aliphatic heterocycles. The van der Waals surface area contributed by atoms with Crippen molar-refractivity contribution in [2.45, 2.75) is 13.3 Å². The van der Waals surface area contributed by atoms with Crippen molar-refractivity contribution in [3.8, 4) is 5.75 Å². The highest BCUT2D eigenvalue weighted by Gasteiger charge is 1.99. The van der Waals surface area contributed by atoms with Crippen molar-refractivity contribution in [3.63, 3.8) is 0 Å². The topological polar surface area (TPSA) is 9.23 Å². The van der Waals surface area contributed by atoms with Crippen LogP contribution in [0.1, 0.15) is 18.1 Å². The lowest BCUT2D eigenvalue weighted by Crippen LogP contribution is -1.90. The Labute approximate surface area is 85.7 Å². The van der Waals surface area contributed by atoms with Gasteiger partial charge in [0.2, 0.25) is 0 Å². The molecule has 0 saturated carbocycles. The monoisotopic (exact) mass is 188 g/mol. The van der Waals surface area contributed by atoms with Crippen LogP contribution in [0.4, 0.5) is 0 Å². The molecule has 0 spiro atoms. The Morgan fingerprint density at radius 2 is 2.21 bits per heavy atom. The Kier molecular flexibility index (Phi) is 3.99. The van der Waals surface area contributed by atoms with Gasteiger partial charge < -0.3 is 4.74 Å². The maximum atomic E-state index is 5.18. The Morgan fingerprint density at radius 3 is 2.79 bits per heavy atom. The van der Waals surface area contributed by atoms with Gasteiger partial charge in [-0.25, -0.2) is 0 Å². The van der Waals surface area contributed by atoms with Gasteiger partial charge >= 0.3 is 0 Å². The van der Waals surface area contributed by atoms with Crippen molar-refractivity contribution >= 4 is 6.08 Å². The maximum absolute atomic E-state index is 5.18. The normalized spacial score (nSPS) is 10.4. The molecule has 0 amide bonds. The quantitative estimate of drug-likeness (QED) is 0.657. The van der Waals surface area contributed by atoms with E-state index < -0.39 is 0 Å². The molecule has 1 heteroatoms. The number of hydrogen-bond acceptors (Lipinski definition) is 1. The predicted molar refractivity (Wildman–Crippen MR) is 61.6 cm³/mol. The fourth-order valence-corrected chi connectivity index (χ4v) is 1.38. The summed E-state index contributed by atoms with van der Waals surface area (Å²) in [5.41, 5.74) is 2.48. The standard InChI is InChI=1S/C13H16O/c1-4-6-11-8-9-13(14-3)10-12(11)7-5-2/h4-6,8-10H,2,7H2,1,3H3/b6-4+. The summed E-state index contributed by atoms with van der Waals surface area (Å²) in [5.74, 6) is 0.898. The average molecular weight is 188 g/mol. The molecule has 0 aliphatic carbocycles. The lowest BCUT2D eigenvalue weighted by atomic mass is 10.0. The SMILES string of the molecule is C=CCc1cc(OC)ccc1/C=C/C. The second-order valence-corrected chi connectivity index (χ2v) is 3.06. The lowest BCUT2D eigenvalue weighted by molar-refractivity contribution is 0.414. The Balaban J connectivity index is 3.09. The van der Waals surface area contributed by atoms with Crippen molar-refractivity contribution in [1.29, 1.82) is 0 Å². The molecule has 1 rings (SSSR count). The van der Waals surface area contributed by atoms with Gasteiger partial charge in [0.05, 0.1) is 7.11 Å². The summed E-state index contributed by atoms with van der Waals surface area (Å²) in [6, 6.07) is 6.09. The molecule has 1 aromatic carbocycles. The van der Waals surface area contributed by atoms with Gasteiger partial charge in [-0.2, -0.15) is 0 Å². The first-order chi connectivity index (χ1) is 6.81. The van der Waals surface area contributed by atoms with Gasteiger partial charge in [-0.15, -0.1) is 6.58 Å². The lowest BCUT2D eigenvalue weighted by Gasteiger charge is -2.06. The molecular weight excluding hydrogens is 172 g/mol. The van der Waals surface area contributed by atoms with Crippen LogP contribution in [0.25, 0.3) is 6.08 Å². The van der Waals surface area contributed by atoms with Gasteiger partial charge in [0, 0.05) is 0 Å². The van der Waals surface area contributed by atoms with Crippen LogP contribution in [0.2, 0.25) is 0 Å². The highest BCUT2D eigenvalue weighted by Crippen LogP contribution is 2.19. The predicted octanol–water partition coefficient (Wildman–Crippen LogP) is 3.46. The molecule has 1 aromatic rings. The van der Waals surface area contributed by atoms with E-state index in [4.69, 9.17) is 4.74 Å². The van der Waals surface area contributed by atoms with E-state index in [0.29, 0.717) is 0 Å². The van der Waals surface area contributed by atoms with Gasteiger partial charge in [0.25, 0.3) is 0 Å². The highest BCUT2D eigenvalue weighted by atomic mass is 16.5. The zero-order chi connectivity index (χ0) is 10.4. The van der Waals surface area contributed by atoms with E-state index in [0.717, 1.165) is 12.2 Å². The second kappa shape index (κ2) is 5.28. The molecular formula is C13H16O. The molecule has 14 heavy (non-hydrogen) atoms. The van der Waals surface area contributed by atoms with Crippen molar-refractivity contribution < 1.29 is 4.74 Å². The smallest absolute Gasteiger partial charge is 0.119 e. The van der Waals surface area contributed by atoms with E-state index in [1.165, 1.54) is 11.1 Å². The molecule has 0 unspecified atom stereocenters. The number of methoxy groups -OCH3 is 1. The molecule has 1 nitrogen and oxygen atoms in total. The molecule has 0 fully saturated rings. The fraction of sp³-hybridized carbons (Fsp3) is 0.231. The highest BCUT2D eigenvalue weighted by molar-refractivity contribution is 5.55. The molecule has 0 saturated heterocycles. The third-order valence-electron chi connectivity index (χ3n) is 2.06. The largest absolute Gasteiger partial charge is 0.497 e. The number of allylic oxidation sites excluding steroid dienone is 2. The number of benzene rings is 1. The molecule has 0 bridgehead atoms. The first kappa shape index (κ1) is 10.6. The van der Waals surface area contributed by atoms with Crippen LogP contribution in [0.15, 0.2) is 36.9 Å². The van der Waals surface area contributed by atoms with Crippen molar-refractivity contribution in [1.82, 2.24) is 0 Å². The summed E-state index contributed by atoms with van der Waals surface area (Å²) >= 11 is 0. The van der Waals surface area contributed by atoms with Crippen LogP contribution in [0.3, 0.4) is 0 Å². The summed E-state index contributed by atoms with van der Waals surface area (Å²) in [6.45, 7) is 5.76. The van der Waals surface area contributed by atoms with Gasteiger partial charge in [-0.05, 0) is 36.6 Å². The third kappa shape index (κ3) is 2.49. The molecule has 0 radical (unpaired) electrons. The first-order valence-corrected chi connectivity index (χ1v) is 4.72. The first-order valence-electron chi connectivity index (χ1n) is 4.72. The van der Waals surface area contributed by atoms with Crippen LogP contribution in [0, 0.1) is 0 Å². The Bertz CT molecular complexity index is 337. The van der Waals surface area contributed by atoms with E-state index in [1.54, 1.807) is 7.11 Å². The molecule has 74 valence electrons. The average Bonchev–Trinajstić information content (AvgIpc) is 2.21. The fourth-order valence-electron chi connectivity index (χ4n) is 1.38. The van der Waals surface area contributed by atoms with Crippen molar-refractivity contribution in [2.75, 3.05) is 7.11 Å². The van der Waals surface area contributed by atoms with Crippen LogP contribution in [-0.4, -0.2) is 7.11 Å². The van der Waals surface area contributed by atoms with Crippen LogP contribution in [-0.2, 0) is 6.42 Å². The summed E-state index contributed by atoms with van der Waals surface area (Å²) in [4.78, 5) is 0. The molecule has 0 aromatic heterocycles. The summed E-state index contributed by atoms with van der Waals surface area (Å²) < 4.78 is 5.18. The van der Waals surface area contributed by atoms with E-state index in [-0.39, 0.29) is 0 Å². The van der Waals surface area contributed by atoms with Crippen molar-refractivity contribution in [2.24, 2.45) is 0 Å². The number of hydrogen-bond donors (Lipinski definition) is 0. The minimum atomic E-state index is 0.872. The zero-order valence-corrected chi connectivity index (χ0v) is 8.79. The molecule has 0 N–H and O–H groups in total. The van der Waals surface area contributed by atoms with Gasteiger partial charge in [0.15, 0.2) is 0 Å². The minimum Gasteiger partial charge on any atom is -0.497 e. The van der Waals surface area contributed by atoms with Crippen LogP contribution >= 0.6 is 0 Å². The third-order valence-corrected chi connectivity index (χ3v) is 2.06. The van der Waals surface area contributed by atoms with Gasteiger partial charge in [-0.3, -0.25) is 0 Å². The summed E-state index contributed by atoms with van der Waals surface area (Å²) in [6.07, 6.45) is 6.91. The molecule has 0 heterocycles. The summed E-state index contributed by atoms with van der Waals surface area (Å²) in [5, 5.41) is 0. The van der Waals surface area contributed by atoms with E-state index in [2.05, 4.69) is 24.8 Å². The second-order valence-electron chi connectivity index (χ2n) is 3.06. The summed E-state index contributed by atoms with van der Waals surface area (Å²) in [7, 11) is 1.68. The van der Waals surface area contributed by atoms with Crippen LogP contribution in [0.5, 0.6) is 5.75 Å². The van der Waals surface area contributed by atoms with Crippen LogP contribution < -0.4 is 4.74 Å². The number of ether oxygens (including phenoxy) is 1. The minimum absolute atomic E-state index is 0.872. The van der Waals surface area contributed by atoms with E-state index in [9.17, 15) is 0 Å². The molecule has 0 atom stereocenters. The van der Waals surface area contributed by atoms with Crippen molar-refractivity contribution in [3.05, 3.63) is 48.1 Å².